The molecule has 2 rings (SSSR count). The Morgan fingerprint density at radius 1 is 1.44 bits per heavy atom. The largest absolute Gasteiger partial charge is 0.480 e. The second kappa shape index (κ2) is 4.64. The molecule has 2 heterocycles. The van der Waals surface area contributed by atoms with Gasteiger partial charge in [-0.1, -0.05) is 13.8 Å². The summed E-state index contributed by atoms with van der Waals surface area (Å²) in [5.41, 5.74) is 0.759. The maximum Gasteiger partial charge on any atom is 0.338 e. The third-order valence-electron chi connectivity index (χ3n) is 3.11. The Kier molecular flexibility index (Phi) is 3.18. The summed E-state index contributed by atoms with van der Waals surface area (Å²) in [4.78, 5) is 19.1. The van der Waals surface area contributed by atoms with Crippen LogP contribution in [0.5, 0.6) is 6.01 Å². The molecule has 0 aliphatic rings. The molecule has 0 spiro atoms. The molecule has 0 radical (unpaired) electrons. The van der Waals surface area contributed by atoms with Crippen LogP contribution in [0.3, 0.4) is 0 Å². The molecular formula is C12H15N3O3. The van der Waals surface area contributed by atoms with E-state index in [0.717, 1.165) is 12.8 Å². The Bertz CT molecular complexity index is 588. The summed E-state index contributed by atoms with van der Waals surface area (Å²) in [6.45, 7) is 3.96. The molecule has 0 atom stereocenters. The number of aromatic nitrogens is 3. The molecular weight excluding hydrogens is 234 g/mol. The van der Waals surface area contributed by atoms with Crippen molar-refractivity contribution in [1.29, 1.82) is 0 Å². The topological polar surface area (TPSA) is 88.2 Å². The average molecular weight is 249 g/mol. The summed E-state index contributed by atoms with van der Waals surface area (Å²) >= 11 is 0. The second-order valence-electron chi connectivity index (χ2n) is 4.09. The summed E-state index contributed by atoms with van der Waals surface area (Å²) in [7, 11) is 0. The minimum atomic E-state index is -1.05. The van der Waals surface area contributed by atoms with Crippen molar-refractivity contribution in [3.05, 3.63) is 17.8 Å². The van der Waals surface area contributed by atoms with Crippen LogP contribution in [0.25, 0.3) is 11.2 Å². The van der Waals surface area contributed by atoms with Gasteiger partial charge in [-0.2, -0.15) is 4.98 Å². The molecule has 0 saturated heterocycles. The van der Waals surface area contributed by atoms with Crippen molar-refractivity contribution >= 4 is 17.1 Å². The van der Waals surface area contributed by atoms with Gasteiger partial charge in [0.15, 0.2) is 5.65 Å². The van der Waals surface area contributed by atoms with E-state index in [1.165, 1.54) is 12.3 Å². The van der Waals surface area contributed by atoms with Crippen LogP contribution in [0.2, 0.25) is 0 Å². The van der Waals surface area contributed by atoms with E-state index >= 15 is 0 Å². The number of carboxylic acids is 1. The van der Waals surface area contributed by atoms with Gasteiger partial charge in [0.1, 0.15) is 5.52 Å². The Balaban J connectivity index is 2.79. The SMILES string of the molecule is CCC(CC)n1c(O)nc2nccc(C(=O)O)c21. The fourth-order valence-corrected chi connectivity index (χ4v) is 2.18. The number of rotatable bonds is 4. The van der Waals surface area contributed by atoms with Crippen molar-refractivity contribution in [2.24, 2.45) is 0 Å². The number of fused-ring (bicyclic) bond motifs is 1. The Morgan fingerprint density at radius 2 is 2.11 bits per heavy atom. The molecule has 0 bridgehead atoms. The van der Waals surface area contributed by atoms with Gasteiger partial charge in [-0.05, 0) is 18.9 Å². The van der Waals surface area contributed by atoms with E-state index in [1.54, 1.807) is 4.57 Å². The van der Waals surface area contributed by atoms with Crippen molar-refractivity contribution in [2.45, 2.75) is 32.7 Å². The lowest BCUT2D eigenvalue weighted by Crippen LogP contribution is -2.09. The highest BCUT2D eigenvalue weighted by molar-refractivity contribution is 6.00. The second-order valence-corrected chi connectivity index (χ2v) is 4.09. The van der Waals surface area contributed by atoms with Crippen LogP contribution in [0.1, 0.15) is 43.1 Å². The average Bonchev–Trinajstić information content (AvgIpc) is 2.67. The van der Waals surface area contributed by atoms with Gasteiger partial charge in [0.05, 0.1) is 5.56 Å². The smallest absolute Gasteiger partial charge is 0.338 e. The molecule has 2 N–H and O–H groups in total. The number of carboxylic acid groups (broad SMARTS) is 1. The molecule has 0 fully saturated rings. The molecule has 6 heteroatoms. The molecule has 18 heavy (non-hydrogen) atoms. The third kappa shape index (κ3) is 1.79. The predicted molar refractivity (Wildman–Crippen MR) is 65.8 cm³/mol. The molecule has 0 amide bonds. The quantitative estimate of drug-likeness (QED) is 0.867. The van der Waals surface area contributed by atoms with E-state index in [4.69, 9.17) is 0 Å². The van der Waals surface area contributed by atoms with Crippen LogP contribution in [0, 0.1) is 0 Å². The van der Waals surface area contributed by atoms with Gasteiger partial charge in [-0.25, -0.2) is 9.78 Å². The van der Waals surface area contributed by atoms with E-state index in [9.17, 15) is 15.0 Å². The highest BCUT2D eigenvalue weighted by atomic mass is 16.4. The lowest BCUT2D eigenvalue weighted by atomic mass is 10.1. The number of nitrogens with zero attached hydrogens (tertiary/aromatic N) is 3. The zero-order valence-corrected chi connectivity index (χ0v) is 10.3. The van der Waals surface area contributed by atoms with Crippen LogP contribution in [-0.4, -0.2) is 30.7 Å². The molecule has 0 unspecified atom stereocenters. The van der Waals surface area contributed by atoms with Crippen molar-refractivity contribution in [3.63, 3.8) is 0 Å². The summed E-state index contributed by atoms with van der Waals surface area (Å²) in [6.07, 6.45) is 2.95. The van der Waals surface area contributed by atoms with E-state index < -0.39 is 5.97 Å². The number of hydrogen-bond donors (Lipinski definition) is 2. The summed E-state index contributed by atoms with van der Waals surface area (Å²) < 4.78 is 1.56. The lowest BCUT2D eigenvalue weighted by molar-refractivity contribution is 0.0698. The van der Waals surface area contributed by atoms with E-state index in [-0.39, 0.29) is 23.3 Å². The summed E-state index contributed by atoms with van der Waals surface area (Å²) in [5, 5.41) is 19.1. The number of hydrogen-bond acceptors (Lipinski definition) is 4. The van der Waals surface area contributed by atoms with Crippen molar-refractivity contribution < 1.29 is 15.0 Å². The van der Waals surface area contributed by atoms with Crippen molar-refractivity contribution in [1.82, 2.24) is 14.5 Å². The Morgan fingerprint density at radius 3 is 2.67 bits per heavy atom. The molecule has 0 aliphatic heterocycles. The van der Waals surface area contributed by atoms with Gasteiger partial charge >= 0.3 is 5.97 Å². The molecule has 6 nitrogen and oxygen atoms in total. The number of aromatic carboxylic acids is 1. The zero-order chi connectivity index (χ0) is 13.3. The monoisotopic (exact) mass is 249 g/mol. The number of pyridine rings is 1. The van der Waals surface area contributed by atoms with Crippen molar-refractivity contribution in [3.8, 4) is 6.01 Å². The summed E-state index contributed by atoms with van der Waals surface area (Å²) in [5.74, 6) is -1.05. The lowest BCUT2D eigenvalue weighted by Gasteiger charge is -2.16. The van der Waals surface area contributed by atoms with Crippen LogP contribution >= 0.6 is 0 Å². The Hall–Kier alpha value is -2.11. The first kappa shape index (κ1) is 12.3. The van der Waals surface area contributed by atoms with Gasteiger partial charge in [0, 0.05) is 12.2 Å². The normalized spacial score (nSPS) is 11.3. The van der Waals surface area contributed by atoms with Crippen LogP contribution in [-0.2, 0) is 0 Å². The molecule has 0 aliphatic carbocycles. The Labute approximate surface area is 104 Å². The minimum absolute atomic E-state index is 0.0114. The van der Waals surface area contributed by atoms with Gasteiger partial charge < -0.3 is 10.2 Å². The fraction of sp³-hybridized carbons (Fsp3) is 0.417. The van der Waals surface area contributed by atoms with Gasteiger partial charge in [0.2, 0.25) is 0 Å². The third-order valence-corrected chi connectivity index (χ3v) is 3.11. The zero-order valence-electron chi connectivity index (χ0n) is 10.3. The fourth-order valence-electron chi connectivity index (χ4n) is 2.18. The summed E-state index contributed by atoms with van der Waals surface area (Å²) in [6, 6.07) is 1.25. The van der Waals surface area contributed by atoms with Crippen LogP contribution < -0.4 is 0 Å². The standard InChI is InChI=1S/C12H15N3O3/c1-3-7(4-2)15-9-8(11(16)17)5-6-13-10(9)14-12(15)18/h5-7H,3-4H2,1-2H3,(H,16,17)(H,13,14,18). The van der Waals surface area contributed by atoms with Crippen molar-refractivity contribution in [2.75, 3.05) is 0 Å². The molecule has 2 aromatic rings. The number of aromatic hydroxyl groups is 1. The maximum absolute atomic E-state index is 11.2. The van der Waals surface area contributed by atoms with Crippen LogP contribution in [0.4, 0.5) is 0 Å². The predicted octanol–water partition coefficient (Wildman–Crippen LogP) is 2.20. The molecule has 2 aromatic heterocycles. The molecule has 0 aromatic carbocycles. The first-order valence-electron chi connectivity index (χ1n) is 5.89. The van der Waals surface area contributed by atoms with Gasteiger partial charge in [0.25, 0.3) is 6.01 Å². The highest BCUT2D eigenvalue weighted by Crippen LogP contribution is 2.29. The first-order valence-corrected chi connectivity index (χ1v) is 5.89. The number of imidazole rings is 1. The highest BCUT2D eigenvalue weighted by Gasteiger charge is 2.22. The van der Waals surface area contributed by atoms with Gasteiger partial charge in [-0.15, -0.1) is 0 Å². The van der Waals surface area contributed by atoms with Gasteiger partial charge in [-0.3, -0.25) is 4.57 Å². The molecule has 96 valence electrons. The molecule has 0 saturated carbocycles. The number of carbonyl (C=O) groups is 1. The van der Waals surface area contributed by atoms with E-state index in [1.807, 2.05) is 13.8 Å². The van der Waals surface area contributed by atoms with E-state index in [0.29, 0.717) is 5.52 Å². The van der Waals surface area contributed by atoms with E-state index in [2.05, 4.69) is 9.97 Å². The minimum Gasteiger partial charge on any atom is -0.480 e. The van der Waals surface area contributed by atoms with Crippen LogP contribution in [0.15, 0.2) is 12.3 Å². The first-order chi connectivity index (χ1) is 8.60. The maximum atomic E-state index is 11.2.